The largest absolute Gasteiger partial charge is 0.378 e. The lowest BCUT2D eigenvalue weighted by atomic mass is 9.98. The monoisotopic (exact) mass is 398 g/mol. The number of aromatic nitrogens is 1. The van der Waals surface area contributed by atoms with Gasteiger partial charge in [0.25, 0.3) is 5.91 Å². The van der Waals surface area contributed by atoms with Gasteiger partial charge in [-0.1, -0.05) is 18.2 Å². The second-order valence-corrected chi connectivity index (χ2v) is 7.18. The molecule has 0 bridgehead atoms. The second kappa shape index (κ2) is 8.76. The number of hydrogen-bond acceptors (Lipinski definition) is 5. The molecule has 4 rings (SSSR count). The molecule has 2 aromatic carbocycles. The van der Waals surface area contributed by atoms with Gasteiger partial charge in [-0.3, -0.25) is 4.79 Å². The van der Waals surface area contributed by atoms with E-state index in [1.165, 1.54) is 0 Å². The van der Waals surface area contributed by atoms with Gasteiger partial charge in [0.2, 0.25) is 0 Å². The van der Waals surface area contributed by atoms with Crippen LogP contribution in [0.1, 0.15) is 21.5 Å². The summed E-state index contributed by atoms with van der Waals surface area (Å²) in [5.74, 6) is 0.651. The molecule has 0 unspecified atom stereocenters. The zero-order valence-corrected chi connectivity index (χ0v) is 16.8. The predicted octanol–water partition coefficient (Wildman–Crippen LogP) is 4.02. The maximum atomic E-state index is 12.7. The number of amides is 1. The fourth-order valence-electron chi connectivity index (χ4n) is 3.52. The molecular formula is C24H22N4O2. The van der Waals surface area contributed by atoms with Crippen LogP contribution >= 0.6 is 0 Å². The quantitative estimate of drug-likeness (QED) is 0.718. The second-order valence-electron chi connectivity index (χ2n) is 7.18. The highest BCUT2D eigenvalue weighted by Crippen LogP contribution is 2.27. The molecule has 0 radical (unpaired) electrons. The third-order valence-electron chi connectivity index (χ3n) is 5.13. The standard InChI is InChI=1S/C24H22N4O2/c1-17-13-18(15-25)5-7-22(17)19-3-2-4-21(14-19)27-24(29)20-6-8-23(26-16-20)28-9-11-30-12-10-28/h2-8,13-14,16H,9-12H2,1H3,(H,27,29). The van der Waals surface area contributed by atoms with Crippen LogP contribution in [0.3, 0.4) is 0 Å². The SMILES string of the molecule is Cc1cc(C#N)ccc1-c1cccc(NC(=O)c2ccc(N3CCOCC3)nc2)c1. The number of hydrogen-bond donors (Lipinski definition) is 1. The van der Waals surface area contributed by atoms with Gasteiger partial charge in [0, 0.05) is 25.0 Å². The summed E-state index contributed by atoms with van der Waals surface area (Å²) < 4.78 is 5.36. The van der Waals surface area contributed by atoms with Gasteiger partial charge in [-0.05, 0) is 60.0 Å². The molecule has 1 fully saturated rings. The number of ether oxygens (including phenoxy) is 1. The third-order valence-corrected chi connectivity index (χ3v) is 5.13. The maximum Gasteiger partial charge on any atom is 0.257 e. The first-order valence-corrected chi connectivity index (χ1v) is 9.85. The van der Waals surface area contributed by atoms with E-state index in [1.54, 1.807) is 18.3 Å². The molecule has 1 N–H and O–H groups in total. The molecule has 6 nitrogen and oxygen atoms in total. The summed E-state index contributed by atoms with van der Waals surface area (Å²) in [6, 6.07) is 19.1. The number of carbonyl (C=O) groups excluding carboxylic acids is 1. The van der Waals surface area contributed by atoms with Gasteiger partial charge in [-0.25, -0.2) is 4.98 Å². The molecular weight excluding hydrogens is 376 g/mol. The average molecular weight is 398 g/mol. The Morgan fingerprint density at radius 3 is 2.67 bits per heavy atom. The summed E-state index contributed by atoms with van der Waals surface area (Å²) in [6.07, 6.45) is 1.61. The fraction of sp³-hybridized carbons (Fsp3) is 0.208. The topological polar surface area (TPSA) is 78.2 Å². The Labute approximate surface area is 175 Å². The predicted molar refractivity (Wildman–Crippen MR) is 117 cm³/mol. The van der Waals surface area contributed by atoms with Gasteiger partial charge < -0.3 is 15.0 Å². The van der Waals surface area contributed by atoms with E-state index < -0.39 is 0 Å². The molecule has 0 saturated carbocycles. The number of nitrogens with one attached hydrogen (secondary N) is 1. The summed E-state index contributed by atoms with van der Waals surface area (Å²) in [5.41, 5.74) is 4.87. The lowest BCUT2D eigenvalue weighted by molar-refractivity contribution is 0.102. The molecule has 0 spiro atoms. The normalized spacial score (nSPS) is 13.5. The number of morpholine rings is 1. The van der Waals surface area contributed by atoms with Crippen molar-refractivity contribution < 1.29 is 9.53 Å². The van der Waals surface area contributed by atoms with Crippen LogP contribution in [0.25, 0.3) is 11.1 Å². The Kier molecular flexibility index (Phi) is 5.73. The Hall–Kier alpha value is -3.69. The van der Waals surface area contributed by atoms with Gasteiger partial charge in [0.15, 0.2) is 0 Å². The van der Waals surface area contributed by atoms with Crippen LogP contribution in [0.15, 0.2) is 60.8 Å². The molecule has 0 atom stereocenters. The molecule has 2 heterocycles. The van der Waals surface area contributed by atoms with Gasteiger partial charge in [0.05, 0.1) is 30.4 Å². The van der Waals surface area contributed by atoms with Crippen molar-refractivity contribution in [2.75, 3.05) is 36.5 Å². The molecule has 1 saturated heterocycles. The zero-order valence-electron chi connectivity index (χ0n) is 16.8. The number of pyridine rings is 1. The smallest absolute Gasteiger partial charge is 0.257 e. The van der Waals surface area contributed by atoms with Crippen molar-refractivity contribution in [1.29, 1.82) is 5.26 Å². The molecule has 1 amide bonds. The molecule has 1 aromatic heterocycles. The number of nitriles is 1. The first kappa shape index (κ1) is 19.6. The van der Waals surface area contributed by atoms with E-state index in [9.17, 15) is 4.79 Å². The van der Waals surface area contributed by atoms with Gasteiger partial charge in [0.1, 0.15) is 5.82 Å². The summed E-state index contributed by atoms with van der Waals surface area (Å²) in [6.45, 7) is 4.97. The molecule has 0 aliphatic carbocycles. The van der Waals surface area contributed by atoms with Crippen molar-refractivity contribution in [3.05, 3.63) is 77.5 Å². The Balaban J connectivity index is 1.48. The van der Waals surface area contributed by atoms with Crippen LogP contribution in [-0.4, -0.2) is 37.2 Å². The van der Waals surface area contributed by atoms with E-state index in [-0.39, 0.29) is 5.91 Å². The highest BCUT2D eigenvalue weighted by Gasteiger charge is 2.14. The first-order chi connectivity index (χ1) is 14.6. The summed E-state index contributed by atoms with van der Waals surface area (Å²) in [4.78, 5) is 19.3. The van der Waals surface area contributed by atoms with Crippen molar-refractivity contribution in [3.8, 4) is 17.2 Å². The molecule has 1 aliphatic heterocycles. The molecule has 3 aromatic rings. The lowest BCUT2D eigenvalue weighted by Gasteiger charge is -2.27. The van der Waals surface area contributed by atoms with Gasteiger partial charge in [-0.15, -0.1) is 0 Å². The molecule has 150 valence electrons. The number of rotatable bonds is 4. The van der Waals surface area contributed by atoms with E-state index >= 15 is 0 Å². The Bertz CT molecular complexity index is 1100. The maximum absolute atomic E-state index is 12.7. The average Bonchev–Trinajstić information content (AvgIpc) is 2.80. The Morgan fingerprint density at radius 2 is 1.97 bits per heavy atom. The van der Waals surface area contributed by atoms with Gasteiger partial charge >= 0.3 is 0 Å². The highest BCUT2D eigenvalue weighted by atomic mass is 16.5. The van der Waals surface area contributed by atoms with Crippen molar-refractivity contribution in [1.82, 2.24) is 4.98 Å². The summed E-state index contributed by atoms with van der Waals surface area (Å²) in [5, 5.41) is 12.0. The van der Waals surface area contributed by atoms with E-state index in [1.807, 2.05) is 49.4 Å². The van der Waals surface area contributed by atoms with Gasteiger partial charge in [-0.2, -0.15) is 5.26 Å². The minimum atomic E-state index is -0.204. The van der Waals surface area contributed by atoms with Crippen molar-refractivity contribution in [2.24, 2.45) is 0 Å². The van der Waals surface area contributed by atoms with E-state index in [4.69, 9.17) is 10.00 Å². The van der Waals surface area contributed by atoms with E-state index in [0.717, 1.165) is 35.6 Å². The third kappa shape index (κ3) is 4.32. The van der Waals surface area contributed by atoms with Crippen LogP contribution in [0.4, 0.5) is 11.5 Å². The minimum Gasteiger partial charge on any atom is -0.378 e. The first-order valence-electron chi connectivity index (χ1n) is 9.85. The molecule has 1 aliphatic rings. The zero-order chi connectivity index (χ0) is 20.9. The molecule has 30 heavy (non-hydrogen) atoms. The number of aryl methyl sites for hydroxylation is 1. The van der Waals surface area contributed by atoms with Crippen LogP contribution in [0.5, 0.6) is 0 Å². The van der Waals surface area contributed by atoms with Crippen LogP contribution in [-0.2, 0) is 4.74 Å². The lowest BCUT2D eigenvalue weighted by Crippen LogP contribution is -2.36. The number of anilines is 2. The fourth-order valence-corrected chi connectivity index (χ4v) is 3.52. The van der Waals surface area contributed by atoms with Crippen LogP contribution < -0.4 is 10.2 Å². The highest BCUT2D eigenvalue weighted by molar-refractivity contribution is 6.04. The minimum absolute atomic E-state index is 0.204. The Morgan fingerprint density at radius 1 is 1.13 bits per heavy atom. The molecule has 6 heteroatoms. The number of carbonyl (C=O) groups is 1. The van der Waals surface area contributed by atoms with E-state index in [0.29, 0.717) is 30.0 Å². The number of nitrogens with zero attached hydrogens (tertiary/aromatic N) is 3. The summed E-state index contributed by atoms with van der Waals surface area (Å²) in [7, 11) is 0. The van der Waals surface area contributed by atoms with Crippen molar-refractivity contribution in [2.45, 2.75) is 6.92 Å². The summed E-state index contributed by atoms with van der Waals surface area (Å²) >= 11 is 0. The van der Waals surface area contributed by atoms with Crippen LogP contribution in [0, 0.1) is 18.3 Å². The number of benzene rings is 2. The van der Waals surface area contributed by atoms with E-state index in [2.05, 4.69) is 21.3 Å². The van der Waals surface area contributed by atoms with Crippen molar-refractivity contribution in [3.63, 3.8) is 0 Å². The van der Waals surface area contributed by atoms with Crippen molar-refractivity contribution >= 4 is 17.4 Å². The van der Waals surface area contributed by atoms with Crippen LogP contribution in [0.2, 0.25) is 0 Å².